The first-order valence-corrected chi connectivity index (χ1v) is 18.5. The van der Waals surface area contributed by atoms with E-state index in [1.54, 1.807) is 11.0 Å². The number of benzene rings is 10. The average Bonchev–Trinajstić information content (AvgIpc) is 3.72. The number of hydrogen-bond donors (Lipinski definition) is 0. The molecule has 0 bridgehead atoms. The topological polar surface area (TPSA) is 16.4 Å². The molecule has 0 fully saturated rings. The van der Waals surface area contributed by atoms with Gasteiger partial charge in [0.25, 0.3) is 0 Å². The zero-order valence-corrected chi connectivity index (χ0v) is 29.9. The summed E-state index contributed by atoms with van der Waals surface area (Å²) in [7, 11) is 0. The first-order valence-electron chi connectivity index (χ1n) is 22.5. The van der Waals surface area contributed by atoms with Crippen LogP contribution in [0.4, 0.5) is 17.1 Å². The number of hydrogen-bond acceptors (Lipinski definition) is 2. The maximum absolute atomic E-state index is 9.66. The van der Waals surface area contributed by atoms with Gasteiger partial charge in [-0.25, -0.2) is 0 Å². The van der Waals surface area contributed by atoms with Gasteiger partial charge in [-0.1, -0.05) is 170 Å². The molecule has 0 saturated carbocycles. The zero-order valence-electron chi connectivity index (χ0n) is 37.9. The van der Waals surface area contributed by atoms with Gasteiger partial charge in [0.15, 0.2) is 0 Å². The van der Waals surface area contributed by atoms with Gasteiger partial charge in [-0.2, -0.15) is 0 Å². The van der Waals surface area contributed by atoms with E-state index < -0.39 is 36.3 Å². The molecule has 0 aliphatic carbocycles. The second-order valence-electron chi connectivity index (χ2n) is 13.8. The van der Waals surface area contributed by atoms with Crippen LogP contribution in [0.25, 0.3) is 87.6 Å². The van der Waals surface area contributed by atoms with Crippen molar-refractivity contribution in [1.29, 1.82) is 0 Å². The average molecular weight is 722 g/mol. The third-order valence-corrected chi connectivity index (χ3v) is 10.6. The summed E-state index contributed by atoms with van der Waals surface area (Å²) in [6.07, 6.45) is 0. The molecular weight excluding hydrogens is 679 g/mol. The predicted molar refractivity (Wildman–Crippen MR) is 237 cm³/mol. The summed E-state index contributed by atoms with van der Waals surface area (Å²) in [5.41, 5.74) is 4.27. The van der Waals surface area contributed by atoms with Crippen molar-refractivity contribution in [1.82, 2.24) is 0 Å². The Morgan fingerprint density at radius 3 is 1.68 bits per heavy atom. The smallest absolute Gasteiger partial charge is 0.137 e. The number of nitrogens with zero attached hydrogens (tertiary/aromatic N) is 1. The van der Waals surface area contributed by atoms with Crippen LogP contribution in [0.15, 0.2) is 217 Å². The Balaban J connectivity index is 1.11. The molecule has 0 atom stereocenters. The van der Waals surface area contributed by atoms with E-state index in [-0.39, 0.29) is 34.5 Å². The Hall–Kier alpha value is -7.42. The number of para-hydroxylation sites is 1. The van der Waals surface area contributed by atoms with Crippen molar-refractivity contribution in [2.75, 3.05) is 4.90 Å². The lowest BCUT2D eigenvalue weighted by Crippen LogP contribution is -2.10. The van der Waals surface area contributed by atoms with Crippen LogP contribution in [-0.2, 0) is 0 Å². The van der Waals surface area contributed by atoms with Gasteiger partial charge in [0, 0.05) is 16.8 Å². The van der Waals surface area contributed by atoms with Gasteiger partial charge >= 0.3 is 0 Å². The number of anilines is 3. The van der Waals surface area contributed by atoms with Crippen LogP contribution in [0.1, 0.15) is 11.0 Å². The zero-order chi connectivity index (χ0) is 44.0. The van der Waals surface area contributed by atoms with Crippen molar-refractivity contribution in [3.63, 3.8) is 0 Å². The molecule has 11 aromatic rings. The molecule has 0 radical (unpaired) electrons. The fourth-order valence-corrected chi connectivity index (χ4v) is 7.97. The molecule has 1 heterocycles. The normalized spacial score (nSPS) is 13.6. The highest BCUT2D eigenvalue weighted by molar-refractivity contribution is 6.14. The van der Waals surface area contributed by atoms with Crippen LogP contribution in [0.2, 0.25) is 0 Å². The van der Waals surface area contributed by atoms with Gasteiger partial charge in [0.1, 0.15) is 11.2 Å². The Labute approximate surface area is 336 Å². The molecule has 10 aromatic carbocycles. The predicted octanol–water partition coefficient (Wildman–Crippen LogP) is 15.5. The summed E-state index contributed by atoms with van der Waals surface area (Å²) < 4.78 is 81.9. The Bertz CT molecular complexity index is 3670. The molecule has 0 aliphatic rings. The van der Waals surface area contributed by atoms with Crippen molar-refractivity contribution in [3.05, 3.63) is 212 Å². The summed E-state index contributed by atoms with van der Waals surface area (Å²) in [6, 6.07) is 49.2. The van der Waals surface area contributed by atoms with Gasteiger partial charge < -0.3 is 9.32 Å². The highest BCUT2D eigenvalue weighted by Gasteiger charge is 2.20. The highest BCUT2D eigenvalue weighted by atomic mass is 16.3. The van der Waals surface area contributed by atoms with Crippen LogP contribution in [0.5, 0.6) is 0 Å². The second kappa shape index (κ2) is 13.2. The first-order chi connectivity index (χ1) is 31.1. The van der Waals surface area contributed by atoms with Crippen LogP contribution >= 0.6 is 0 Å². The van der Waals surface area contributed by atoms with Gasteiger partial charge in [-0.15, -0.1) is 0 Å². The summed E-state index contributed by atoms with van der Waals surface area (Å²) in [5.74, 6) is 0. The molecule has 11 rings (SSSR count). The number of rotatable bonds is 6. The van der Waals surface area contributed by atoms with Gasteiger partial charge in [0.2, 0.25) is 0 Å². The fraction of sp³-hybridized carbons (Fsp3) is 0. The molecular formula is C54H35NO. The Morgan fingerprint density at radius 2 is 0.893 bits per heavy atom. The first kappa shape index (κ1) is 24.8. The molecule has 0 N–H and O–H groups in total. The molecule has 2 nitrogen and oxygen atoms in total. The summed E-state index contributed by atoms with van der Waals surface area (Å²) in [5, 5.41) is 7.39. The van der Waals surface area contributed by atoms with E-state index in [1.165, 1.54) is 0 Å². The highest BCUT2D eigenvalue weighted by Crippen LogP contribution is 2.44. The van der Waals surface area contributed by atoms with E-state index in [0.29, 0.717) is 33.5 Å². The maximum atomic E-state index is 9.66. The third kappa shape index (κ3) is 5.34. The molecule has 262 valence electrons. The van der Waals surface area contributed by atoms with E-state index in [2.05, 4.69) is 24.3 Å². The standard InChI is InChI=1S/C54H35NO/c1-3-13-44-38(10-1)12-7-16-45(44)41-28-33-43(34-29-41)55(51-19-9-21-53-54(51)50-15-5-6-20-52(50)56-53)42-31-26-37(27-32-42)36-22-24-40(25-23-36)47-17-8-18-48-46-14-4-2-11-39(46)30-35-49(47)48/h1-35H/i22D,23D,24D,25D,26D,27D,31D,32D. The van der Waals surface area contributed by atoms with Crippen molar-refractivity contribution < 1.29 is 15.4 Å². The summed E-state index contributed by atoms with van der Waals surface area (Å²) in [6.45, 7) is 0. The fourth-order valence-electron chi connectivity index (χ4n) is 7.97. The minimum Gasteiger partial charge on any atom is -0.456 e. The van der Waals surface area contributed by atoms with Crippen molar-refractivity contribution in [3.8, 4) is 33.4 Å². The number of fused-ring (bicyclic) bond motifs is 7. The molecule has 0 spiro atoms. The molecule has 2 heteroatoms. The van der Waals surface area contributed by atoms with Crippen molar-refractivity contribution in [2.45, 2.75) is 0 Å². The SMILES string of the molecule is [2H]c1c([2H])c(-c2cccc3c2ccc2ccccc23)c([2H])c([2H])c1-c1c([2H])c([2H])c(N(c2ccc(-c3cccc4ccccc34)cc2)c2cccc3oc4ccccc4c23)c([2H])c1[2H]. The summed E-state index contributed by atoms with van der Waals surface area (Å²) >= 11 is 0. The molecule has 56 heavy (non-hydrogen) atoms. The van der Waals surface area contributed by atoms with Crippen LogP contribution in [-0.4, -0.2) is 0 Å². The van der Waals surface area contributed by atoms with Crippen LogP contribution < -0.4 is 4.90 Å². The monoisotopic (exact) mass is 721 g/mol. The maximum Gasteiger partial charge on any atom is 0.137 e. The van der Waals surface area contributed by atoms with Gasteiger partial charge in [-0.05, 0) is 108 Å². The van der Waals surface area contributed by atoms with Gasteiger partial charge in [-0.3, -0.25) is 0 Å². The van der Waals surface area contributed by atoms with Crippen LogP contribution in [0.3, 0.4) is 0 Å². The molecule has 1 aromatic heterocycles. The minimum atomic E-state index is -0.497. The number of furan rings is 1. The molecule has 0 saturated heterocycles. The second-order valence-corrected chi connectivity index (χ2v) is 13.8. The minimum absolute atomic E-state index is 0.0516. The van der Waals surface area contributed by atoms with Gasteiger partial charge in [0.05, 0.1) is 22.0 Å². The Kier molecular flexibility index (Phi) is 5.83. The lowest BCUT2D eigenvalue weighted by molar-refractivity contribution is 0.669. The van der Waals surface area contributed by atoms with E-state index >= 15 is 0 Å². The largest absolute Gasteiger partial charge is 0.456 e. The Morgan fingerprint density at radius 1 is 0.339 bits per heavy atom. The van der Waals surface area contributed by atoms with E-state index in [0.717, 1.165) is 48.8 Å². The quantitative estimate of drug-likeness (QED) is 0.159. The van der Waals surface area contributed by atoms with Crippen molar-refractivity contribution in [2.24, 2.45) is 0 Å². The molecule has 0 amide bonds. The van der Waals surface area contributed by atoms with Crippen molar-refractivity contribution >= 4 is 71.3 Å². The van der Waals surface area contributed by atoms with E-state index in [1.807, 2.05) is 133 Å². The molecule has 0 aliphatic heterocycles. The lowest BCUT2D eigenvalue weighted by atomic mass is 9.93. The van der Waals surface area contributed by atoms with E-state index in [9.17, 15) is 11.0 Å². The third-order valence-electron chi connectivity index (χ3n) is 10.6. The lowest BCUT2D eigenvalue weighted by Gasteiger charge is -2.26. The molecule has 0 unspecified atom stereocenters. The van der Waals surface area contributed by atoms with E-state index in [4.69, 9.17) is 4.42 Å². The van der Waals surface area contributed by atoms with Crippen LogP contribution in [0, 0.1) is 0 Å². The summed E-state index contributed by atoms with van der Waals surface area (Å²) in [4.78, 5) is 1.71.